The van der Waals surface area contributed by atoms with E-state index in [-0.39, 0.29) is 18.4 Å². The molecule has 0 radical (unpaired) electrons. The first kappa shape index (κ1) is 20.4. The van der Waals surface area contributed by atoms with Gasteiger partial charge in [-0.1, -0.05) is 34.1 Å². The summed E-state index contributed by atoms with van der Waals surface area (Å²) >= 11 is 3.35. The minimum Gasteiger partial charge on any atom is -0.427 e. The van der Waals surface area contributed by atoms with Gasteiger partial charge >= 0.3 is 5.97 Å². The Hall–Kier alpha value is -2.93. The molecule has 2 rings (SSSR count). The van der Waals surface area contributed by atoms with Crippen LogP contribution in [-0.2, 0) is 9.59 Å². The molecule has 7 heteroatoms. The number of benzene rings is 2. The maximum absolute atomic E-state index is 12.1. The number of carbonyl (C=O) groups is 3. The number of nitrogens with one attached hydrogen (secondary N) is 2. The van der Waals surface area contributed by atoms with E-state index in [4.69, 9.17) is 4.74 Å². The summed E-state index contributed by atoms with van der Waals surface area (Å²) in [7, 11) is 0. The Labute approximate surface area is 165 Å². The average molecular weight is 431 g/mol. The summed E-state index contributed by atoms with van der Waals surface area (Å²) in [6, 6.07) is 13.9. The summed E-state index contributed by atoms with van der Waals surface area (Å²) in [5.41, 5.74) is 1.28. The first-order valence-corrected chi connectivity index (χ1v) is 9.01. The van der Waals surface area contributed by atoms with Crippen LogP contribution in [0.25, 0.3) is 6.08 Å². The van der Waals surface area contributed by atoms with Gasteiger partial charge in [0.25, 0.3) is 5.91 Å². The highest BCUT2D eigenvalue weighted by Crippen LogP contribution is 2.13. The van der Waals surface area contributed by atoms with Crippen LogP contribution in [0.1, 0.15) is 22.8 Å². The molecule has 0 aliphatic carbocycles. The maximum Gasteiger partial charge on any atom is 0.308 e. The molecule has 2 aromatic rings. The number of hydrogen-bond acceptors (Lipinski definition) is 4. The molecular formula is C20H19BrN2O4. The minimum atomic E-state index is -0.452. The molecule has 0 atom stereocenters. The van der Waals surface area contributed by atoms with Crippen LogP contribution in [0.15, 0.2) is 59.1 Å². The molecule has 2 amide bonds. The summed E-state index contributed by atoms with van der Waals surface area (Å²) in [6.07, 6.45) is 3.15. The van der Waals surface area contributed by atoms with Crippen LogP contribution in [0.2, 0.25) is 0 Å². The van der Waals surface area contributed by atoms with Crippen LogP contribution in [0.3, 0.4) is 0 Å². The van der Waals surface area contributed by atoms with Crippen molar-refractivity contribution >= 4 is 39.8 Å². The van der Waals surface area contributed by atoms with Gasteiger partial charge in [0.1, 0.15) is 5.75 Å². The fourth-order valence-corrected chi connectivity index (χ4v) is 2.40. The first-order valence-electron chi connectivity index (χ1n) is 8.22. The molecule has 0 spiro atoms. The number of amides is 2. The summed E-state index contributed by atoms with van der Waals surface area (Å²) < 4.78 is 5.92. The van der Waals surface area contributed by atoms with E-state index in [1.54, 1.807) is 24.3 Å². The Bertz CT molecular complexity index is 847. The van der Waals surface area contributed by atoms with Crippen molar-refractivity contribution < 1.29 is 19.1 Å². The van der Waals surface area contributed by atoms with E-state index in [1.165, 1.54) is 19.1 Å². The summed E-state index contributed by atoms with van der Waals surface area (Å²) in [5, 5.41) is 5.38. The lowest BCUT2D eigenvalue weighted by atomic mass is 10.2. The molecule has 27 heavy (non-hydrogen) atoms. The predicted octanol–water partition coefficient (Wildman–Crippen LogP) is 2.93. The quantitative estimate of drug-likeness (QED) is 0.306. The standard InChI is InChI=1S/C20H19BrN2O4/c1-14(24)27-18-4-2-3-16(13-18)20(26)23-12-11-22-19(25)10-7-15-5-8-17(21)9-6-15/h2-10,13H,11-12H2,1H3,(H,22,25)(H,23,26)/b10-7+. The van der Waals surface area contributed by atoms with Crippen LogP contribution in [-0.4, -0.2) is 30.9 Å². The van der Waals surface area contributed by atoms with Crippen LogP contribution in [0.4, 0.5) is 0 Å². The van der Waals surface area contributed by atoms with Gasteiger partial charge in [-0.05, 0) is 42.0 Å². The van der Waals surface area contributed by atoms with E-state index in [0.29, 0.717) is 17.9 Å². The molecule has 0 aliphatic rings. The molecule has 0 aliphatic heterocycles. The molecule has 0 unspecified atom stereocenters. The number of halogens is 1. The highest BCUT2D eigenvalue weighted by Gasteiger charge is 2.07. The first-order chi connectivity index (χ1) is 12.9. The topological polar surface area (TPSA) is 84.5 Å². The molecule has 0 heterocycles. The number of hydrogen-bond donors (Lipinski definition) is 2. The van der Waals surface area contributed by atoms with Gasteiger partial charge in [-0.2, -0.15) is 0 Å². The smallest absolute Gasteiger partial charge is 0.308 e. The normalized spacial score (nSPS) is 10.4. The Morgan fingerprint density at radius 2 is 1.74 bits per heavy atom. The molecule has 2 aromatic carbocycles. The SMILES string of the molecule is CC(=O)Oc1cccc(C(=O)NCCNC(=O)/C=C/c2ccc(Br)cc2)c1. The van der Waals surface area contributed by atoms with Crippen molar-refractivity contribution in [3.63, 3.8) is 0 Å². The van der Waals surface area contributed by atoms with E-state index in [1.807, 2.05) is 24.3 Å². The van der Waals surface area contributed by atoms with Crippen LogP contribution < -0.4 is 15.4 Å². The summed E-state index contributed by atoms with van der Waals surface area (Å²) in [5.74, 6) is -0.708. The van der Waals surface area contributed by atoms with Crippen molar-refractivity contribution in [3.05, 3.63) is 70.2 Å². The Morgan fingerprint density at radius 3 is 2.44 bits per heavy atom. The predicted molar refractivity (Wildman–Crippen MR) is 106 cm³/mol. The lowest BCUT2D eigenvalue weighted by Gasteiger charge is -2.07. The third-order valence-electron chi connectivity index (χ3n) is 3.36. The molecule has 140 valence electrons. The van der Waals surface area contributed by atoms with Crippen molar-refractivity contribution in [2.24, 2.45) is 0 Å². The average Bonchev–Trinajstić information content (AvgIpc) is 2.64. The third kappa shape index (κ3) is 7.45. The van der Waals surface area contributed by atoms with Gasteiger partial charge in [-0.15, -0.1) is 0 Å². The van der Waals surface area contributed by atoms with Crippen LogP contribution >= 0.6 is 15.9 Å². The molecule has 0 fully saturated rings. The van der Waals surface area contributed by atoms with Gasteiger partial charge in [-0.25, -0.2) is 0 Å². The molecule has 0 bridgehead atoms. The minimum absolute atomic E-state index is 0.246. The fourth-order valence-electron chi connectivity index (χ4n) is 2.14. The molecule has 0 aromatic heterocycles. The lowest BCUT2D eigenvalue weighted by molar-refractivity contribution is -0.131. The van der Waals surface area contributed by atoms with Crippen LogP contribution in [0, 0.1) is 0 Å². The third-order valence-corrected chi connectivity index (χ3v) is 3.89. The molecule has 0 saturated heterocycles. The fraction of sp³-hybridized carbons (Fsp3) is 0.150. The molecule has 6 nitrogen and oxygen atoms in total. The lowest BCUT2D eigenvalue weighted by Crippen LogP contribution is -2.34. The number of carbonyl (C=O) groups excluding carboxylic acids is 3. The van der Waals surface area contributed by atoms with Crippen molar-refractivity contribution in [1.29, 1.82) is 0 Å². The molecule has 0 saturated carbocycles. The van der Waals surface area contributed by atoms with Crippen molar-refractivity contribution in [2.75, 3.05) is 13.1 Å². The van der Waals surface area contributed by atoms with E-state index < -0.39 is 5.97 Å². The number of rotatable bonds is 7. The maximum atomic E-state index is 12.1. The molecular weight excluding hydrogens is 412 g/mol. The van der Waals surface area contributed by atoms with E-state index >= 15 is 0 Å². The van der Waals surface area contributed by atoms with Gasteiger partial charge in [0.05, 0.1) is 0 Å². The van der Waals surface area contributed by atoms with Crippen molar-refractivity contribution in [2.45, 2.75) is 6.92 Å². The second kappa shape index (κ2) is 10.3. The highest BCUT2D eigenvalue weighted by molar-refractivity contribution is 9.10. The zero-order valence-corrected chi connectivity index (χ0v) is 16.3. The molecule has 2 N–H and O–H groups in total. The highest BCUT2D eigenvalue weighted by atomic mass is 79.9. The van der Waals surface area contributed by atoms with E-state index in [2.05, 4.69) is 26.6 Å². The second-order valence-corrected chi connectivity index (χ2v) is 6.47. The Morgan fingerprint density at radius 1 is 1.04 bits per heavy atom. The number of ether oxygens (including phenoxy) is 1. The van der Waals surface area contributed by atoms with Crippen molar-refractivity contribution in [3.8, 4) is 5.75 Å². The van der Waals surface area contributed by atoms with E-state index in [0.717, 1.165) is 10.0 Å². The van der Waals surface area contributed by atoms with Gasteiger partial charge in [0, 0.05) is 36.1 Å². The second-order valence-electron chi connectivity index (χ2n) is 5.55. The van der Waals surface area contributed by atoms with Gasteiger partial charge in [0.15, 0.2) is 0 Å². The number of esters is 1. The zero-order chi connectivity index (χ0) is 19.6. The Kier molecular flexibility index (Phi) is 7.76. The Balaban J connectivity index is 1.74. The summed E-state index contributed by atoms with van der Waals surface area (Å²) in [4.78, 5) is 34.8. The summed E-state index contributed by atoms with van der Waals surface area (Å²) in [6.45, 7) is 1.86. The van der Waals surface area contributed by atoms with Crippen LogP contribution in [0.5, 0.6) is 5.75 Å². The van der Waals surface area contributed by atoms with Gasteiger partial charge in [0.2, 0.25) is 5.91 Å². The van der Waals surface area contributed by atoms with Gasteiger partial charge < -0.3 is 15.4 Å². The largest absolute Gasteiger partial charge is 0.427 e. The van der Waals surface area contributed by atoms with Crippen molar-refractivity contribution in [1.82, 2.24) is 10.6 Å². The van der Waals surface area contributed by atoms with Gasteiger partial charge in [-0.3, -0.25) is 14.4 Å². The monoisotopic (exact) mass is 430 g/mol. The zero-order valence-electron chi connectivity index (χ0n) is 14.7. The van der Waals surface area contributed by atoms with E-state index in [9.17, 15) is 14.4 Å².